The second-order valence-corrected chi connectivity index (χ2v) is 3.74. The molecule has 5 heteroatoms. The highest BCUT2D eigenvalue weighted by Crippen LogP contribution is 2.27. The molecule has 0 aliphatic rings. The molecule has 0 unspecified atom stereocenters. The summed E-state index contributed by atoms with van der Waals surface area (Å²) >= 11 is 0. The lowest BCUT2D eigenvalue weighted by atomic mass is 10.1. The van der Waals surface area contributed by atoms with Crippen LogP contribution in [-0.2, 0) is 0 Å². The molecule has 0 saturated carbocycles. The van der Waals surface area contributed by atoms with Gasteiger partial charge in [0.05, 0.1) is 0 Å². The predicted molar refractivity (Wildman–Crippen MR) is 60.5 cm³/mol. The van der Waals surface area contributed by atoms with E-state index in [0.717, 1.165) is 0 Å². The maximum Gasteiger partial charge on any atom is 0.272 e. The molecule has 3 aromatic heterocycles. The van der Waals surface area contributed by atoms with Crippen LogP contribution in [0.3, 0.4) is 0 Å². The molecule has 3 heterocycles. The SMILES string of the molecule is CC(=O)c1nccc2oc3ccc[n+]([O-])c3c12. The third-order valence-electron chi connectivity index (χ3n) is 2.63. The number of carbonyl (C=O) groups excluding carboxylic acids is 1. The van der Waals surface area contributed by atoms with Crippen LogP contribution in [0.1, 0.15) is 17.4 Å². The van der Waals surface area contributed by atoms with Crippen molar-refractivity contribution in [3.63, 3.8) is 0 Å². The molecule has 3 aromatic rings. The molecule has 17 heavy (non-hydrogen) atoms. The van der Waals surface area contributed by atoms with Gasteiger partial charge in [0, 0.05) is 25.3 Å². The van der Waals surface area contributed by atoms with E-state index in [9.17, 15) is 10.0 Å². The minimum atomic E-state index is -0.192. The van der Waals surface area contributed by atoms with E-state index in [4.69, 9.17) is 4.42 Å². The minimum Gasteiger partial charge on any atom is -0.618 e. The second kappa shape index (κ2) is 3.28. The zero-order valence-corrected chi connectivity index (χ0v) is 9.01. The molecule has 0 N–H and O–H groups in total. The van der Waals surface area contributed by atoms with Crippen molar-refractivity contribution >= 4 is 27.9 Å². The molecular weight excluding hydrogens is 220 g/mol. The van der Waals surface area contributed by atoms with E-state index in [-0.39, 0.29) is 11.5 Å². The lowest BCUT2D eigenvalue weighted by molar-refractivity contribution is -0.576. The van der Waals surface area contributed by atoms with E-state index >= 15 is 0 Å². The van der Waals surface area contributed by atoms with Crippen LogP contribution in [0.4, 0.5) is 0 Å². The third-order valence-corrected chi connectivity index (χ3v) is 2.63. The summed E-state index contributed by atoms with van der Waals surface area (Å²) in [6.45, 7) is 1.42. The van der Waals surface area contributed by atoms with Crippen LogP contribution in [-0.4, -0.2) is 10.8 Å². The minimum absolute atomic E-state index is 0.192. The Kier molecular flexibility index (Phi) is 1.89. The largest absolute Gasteiger partial charge is 0.618 e. The standard InChI is InChI=1S/C12H8N2O3/c1-7(15)11-10-8(4-5-13-11)17-9-3-2-6-14(16)12(9)10/h2-6H,1H3. The van der Waals surface area contributed by atoms with Crippen LogP contribution in [0.5, 0.6) is 0 Å². The van der Waals surface area contributed by atoms with Crippen molar-refractivity contribution in [2.24, 2.45) is 0 Å². The lowest BCUT2D eigenvalue weighted by Crippen LogP contribution is -2.25. The first-order chi connectivity index (χ1) is 8.18. The first kappa shape index (κ1) is 9.77. The quantitative estimate of drug-likeness (QED) is 0.362. The summed E-state index contributed by atoms with van der Waals surface area (Å²) in [6.07, 6.45) is 2.87. The van der Waals surface area contributed by atoms with Crippen LogP contribution in [0.25, 0.3) is 22.1 Å². The Bertz CT molecular complexity index is 746. The van der Waals surface area contributed by atoms with Crippen LogP contribution < -0.4 is 4.73 Å². The van der Waals surface area contributed by atoms with Crippen molar-refractivity contribution in [2.45, 2.75) is 6.92 Å². The number of ketones is 1. The smallest absolute Gasteiger partial charge is 0.272 e. The van der Waals surface area contributed by atoms with E-state index in [0.29, 0.717) is 26.8 Å². The van der Waals surface area contributed by atoms with Crippen LogP contribution in [0.15, 0.2) is 35.0 Å². The Labute approximate surface area is 95.9 Å². The maximum absolute atomic E-state index is 11.7. The number of rotatable bonds is 1. The molecule has 0 spiro atoms. The lowest BCUT2D eigenvalue weighted by Gasteiger charge is -1.97. The molecule has 3 rings (SSSR count). The Hall–Kier alpha value is -2.43. The Morgan fingerprint density at radius 3 is 3.00 bits per heavy atom. The number of nitrogens with zero attached hydrogens (tertiary/aromatic N) is 2. The molecule has 84 valence electrons. The molecule has 0 saturated heterocycles. The van der Waals surface area contributed by atoms with Crippen molar-refractivity contribution in [3.05, 3.63) is 41.5 Å². The third kappa shape index (κ3) is 1.29. The van der Waals surface area contributed by atoms with Gasteiger partial charge in [0.15, 0.2) is 12.0 Å². The molecule has 0 bridgehead atoms. The number of carbonyl (C=O) groups is 1. The molecule has 0 fully saturated rings. The Morgan fingerprint density at radius 2 is 2.24 bits per heavy atom. The van der Waals surface area contributed by atoms with Gasteiger partial charge in [-0.15, -0.1) is 0 Å². The normalized spacial score (nSPS) is 11.1. The summed E-state index contributed by atoms with van der Waals surface area (Å²) in [4.78, 5) is 15.5. The summed E-state index contributed by atoms with van der Waals surface area (Å²) < 4.78 is 6.20. The zero-order valence-electron chi connectivity index (χ0n) is 9.01. The Balaban J connectivity index is 2.61. The fourth-order valence-electron chi connectivity index (χ4n) is 1.93. The number of Topliss-reactive ketones (excluding diaryl/α,β-unsaturated/α-hetero) is 1. The summed E-state index contributed by atoms with van der Waals surface area (Å²) in [5.74, 6) is -0.192. The summed E-state index contributed by atoms with van der Waals surface area (Å²) in [6, 6.07) is 4.92. The van der Waals surface area contributed by atoms with Crippen LogP contribution in [0, 0.1) is 5.21 Å². The molecule has 0 amide bonds. The van der Waals surface area contributed by atoms with Crippen molar-refractivity contribution in [2.75, 3.05) is 0 Å². The fourth-order valence-corrected chi connectivity index (χ4v) is 1.93. The van der Waals surface area contributed by atoms with Crippen molar-refractivity contribution < 1.29 is 13.9 Å². The molecular formula is C12H8N2O3. The first-order valence-electron chi connectivity index (χ1n) is 5.09. The van der Waals surface area contributed by atoms with Crippen LogP contribution >= 0.6 is 0 Å². The van der Waals surface area contributed by atoms with Crippen molar-refractivity contribution in [1.29, 1.82) is 0 Å². The number of hydrogen-bond donors (Lipinski definition) is 0. The van der Waals surface area contributed by atoms with E-state index in [1.165, 1.54) is 19.3 Å². The predicted octanol–water partition coefficient (Wildman–Crippen LogP) is 1.82. The van der Waals surface area contributed by atoms with Crippen molar-refractivity contribution in [1.82, 2.24) is 4.98 Å². The number of fused-ring (bicyclic) bond motifs is 3. The number of pyridine rings is 2. The number of furan rings is 1. The van der Waals surface area contributed by atoms with Gasteiger partial charge in [-0.05, 0) is 6.07 Å². The Morgan fingerprint density at radius 1 is 1.41 bits per heavy atom. The molecule has 0 atom stereocenters. The monoisotopic (exact) mass is 228 g/mol. The average Bonchev–Trinajstić information content (AvgIpc) is 2.67. The molecule has 0 aliphatic carbocycles. The topological polar surface area (TPSA) is 70.0 Å². The van der Waals surface area contributed by atoms with E-state index < -0.39 is 0 Å². The molecule has 0 aromatic carbocycles. The summed E-state index contributed by atoms with van der Waals surface area (Å²) in [7, 11) is 0. The first-order valence-corrected chi connectivity index (χ1v) is 5.09. The van der Waals surface area contributed by atoms with Gasteiger partial charge < -0.3 is 9.62 Å². The van der Waals surface area contributed by atoms with Gasteiger partial charge >= 0.3 is 0 Å². The summed E-state index contributed by atoms with van der Waals surface area (Å²) in [5.41, 5.74) is 1.56. The summed E-state index contributed by atoms with van der Waals surface area (Å²) in [5, 5.41) is 12.2. The van der Waals surface area contributed by atoms with E-state index in [2.05, 4.69) is 4.98 Å². The fraction of sp³-hybridized carbons (Fsp3) is 0.0833. The number of hydrogen-bond acceptors (Lipinski definition) is 4. The maximum atomic E-state index is 11.7. The van der Waals surface area contributed by atoms with Gasteiger partial charge in [0.1, 0.15) is 16.7 Å². The van der Waals surface area contributed by atoms with Gasteiger partial charge in [-0.25, -0.2) is 0 Å². The van der Waals surface area contributed by atoms with Crippen molar-refractivity contribution in [3.8, 4) is 0 Å². The molecule has 0 aliphatic heterocycles. The van der Waals surface area contributed by atoms with Gasteiger partial charge in [-0.3, -0.25) is 9.78 Å². The van der Waals surface area contributed by atoms with E-state index in [1.54, 1.807) is 18.2 Å². The molecule has 5 nitrogen and oxygen atoms in total. The highest BCUT2D eigenvalue weighted by atomic mass is 16.5. The second-order valence-electron chi connectivity index (χ2n) is 3.74. The average molecular weight is 228 g/mol. The zero-order chi connectivity index (χ0) is 12.0. The highest BCUT2D eigenvalue weighted by molar-refractivity contribution is 6.12. The highest BCUT2D eigenvalue weighted by Gasteiger charge is 2.20. The molecule has 0 radical (unpaired) electrons. The van der Waals surface area contributed by atoms with Gasteiger partial charge in [-0.2, -0.15) is 4.73 Å². The van der Waals surface area contributed by atoms with Gasteiger partial charge in [0.2, 0.25) is 5.58 Å². The number of aromatic nitrogens is 2. The van der Waals surface area contributed by atoms with Gasteiger partial charge in [0.25, 0.3) is 5.52 Å². The van der Waals surface area contributed by atoms with Crippen LogP contribution in [0.2, 0.25) is 0 Å². The van der Waals surface area contributed by atoms with Gasteiger partial charge in [-0.1, -0.05) is 0 Å². The van der Waals surface area contributed by atoms with E-state index in [1.807, 2.05) is 0 Å².